The molecule has 2 saturated heterocycles. The van der Waals surface area contributed by atoms with Gasteiger partial charge < -0.3 is 19.7 Å². The molecule has 0 radical (unpaired) electrons. The lowest BCUT2D eigenvalue weighted by Crippen LogP contribution is -2.55. The molecule has 204 valence electrons. The van der Waals surface area contributed by atoms with Gasteiger partial charge in [0.25, 0.3) is 0 Å². The van der Waals surface area contributed by atoms with Crippen LogP contribution in [-0.2, 0) is 16.6 Å². The van der Waals surface area contributed by atoms with Crippen molar-refractivity contribution in [2.75, 3.05) is 33.9 Å². The van der Waals surface area contributed by atoms with E-state index in [1.165, 1.54) is 48.9 Å². The van der Waals surface area contributed by atoms with E-state index in [9.17, 15) is 4.79 Å². The number of pyridine rings is 1. The maximum atomic E-state index is 14.7. The van der Waals surface area contributed by atoms with Crippen LogP contribution in [0.15, 0.2) is 36.4 Å². The van der Waals surface area contributed by atoms with E-state index in [-0.39, 0.29) is 11.3 Å². The van der Waals surface area contributed by atoms with E-state index in [4.69, 9.17) is 9.47 Å². The van der Waals surface area contributed by atoms with Crippen molar-refractivity contribution in [3.05, 3.63) is 53.2 Å². The average molecular weight is 519 g/mol. The molecule has 38 heavy (non-hydrogen) atoms. The molecule has 1 aromatic heterocycles. The molecule has 1 aromatic carbocycles. The minimum absolute atomic E-state index is 0.0164. The second kappa shape index (κ2) is 10.9. The fraction of sp³-hybridized carbons (Fsp3) is 0.625. The van der Waals surface area contributed by atoms with Crippen molar-refractivity contribution in [1.29, 1.82) is 0 Å². The van der Waals surface area contributed by atoms with Gasteiger partial charge in [-0.2, -0.15) is 4.98 Å². The van der Waals surface area contributed by atoms with E-state index in [1.807, 2.05) is 6.07 Å². The summed E-state index contributed by atoms with van der Waals surface area (Å²) in [6.07, 6.45) is 11.7. The number of piperidine rings is 1. The van der Waals surface area contributed by atoms with E-state index in [1.54, 1.807) is 14.2 Å². The number of likely N-dealkylation sites (tertiary alicyclic amines) is 1. The third-order valence-corrected chi connectivity index (χ3v) is 10.3. The maximum absolute atomic E-state index is 14.7. The zero-order valence-electron chi connectivity index (χ0n) is 23.1. The van der Waals surface area contributed by atoms with Crippen LogP contribution in [0.2, 0.25) is 0 Å². The van der Waals surface area contributed by atoms with E-state index in [2.05, 4.69) is 45.5 Å². The van der Waals surface area contributed by atoms with Crippen LogP contribution in [0.4, 0.5) is 0 Å². The summed E-state index contributed by atoms with van der Waals surface area (Å²) in [5.74, 6) is 3.20. The van der Waals surface area contributed by atoms with Crippen LogP contribution in [-0.4, -0.2) is 50.7 Å². The molecule has 1 saturated carbocycles. The van der Waals surface area contributed by atoms with Gasteiger partial charge in [0.15, 0.2) is 5.69 Å². The second-order valence-corrected chi connectivity index (χ2v) is 12.1. The Morgan fingerprint density at radius 2 is 1.87 bits per heavy atom. The average Bonchev–Trinajstić information content (AvgIpc) is 3.40. The number of aromatic amines is 1. The van der Waals surface area contributed by atoms with Gasteiger partial charge in [-0.05, 0) is 68.1 Å². The molecule has 2 aliphatic carbocycles. The van der Waals surface area contributed by atoms with Crippen LogP contribution < -0.4 is 19.8 Å². The summed E-state index contributed by atoms with van der Waals surface area (Å²) < 4.78 is 11.2. The summed E-state index contributed by atoms with van der Waals surface area (Å²) in [5.41, 5.74) is 3.75. The highest BCUT2D eigenvalue weighted by atomic mass is 16.5. The highest BCUT2D eigenvalue weighted by Gasteiger charge is 2.54. The van der Waals surface area contributed by atoms with E-state index < -0.39 is 0 Å². The van der Waals surface area contributed by atoms with Crippen molar-refractivity contribution >= 4 is 5.91 Å². The summed E-state index contributed by atoms with van der Waals surface area (Å²) in [6, 6.07) is 13.1. The Labute approximate surface area is 227 Å². The van der Waals surface area contributed by atoms with E-state index >= 15 is 0 Å². The van der Waals surface area contributed by atoms with Gasteiger partial charge >= 0.3 is 5.88 Å². The number of rotatable bonds is 5. The Morgan fingerprint density at radius 1 is 1.03 bits per heavy atom. The number of amides is 1. The predicted molar refractivity (Wildman–Crippen MR) is 148 cm³/mol. The molecule has 2 aliphatic heterocycles. The molecule has 1 amide bonds. The van der Waals surface area contributed by atoms with Gasteiger partial charge in [0.05, 0.1) is 26.2 Å². The quantitative estimate of drug-likeness (QED) is 0.625. The normalized spacial score (nSPS) is 29.7. The molecule has 2 N–H and O–H groups in total. The van der Waals surface area contributed by atoms with Gasteiger partial charge in [-0.1, -0.05) is 37.5 Å². The van der Waals surface area contributed by atoms with Gasteiger partial charge in [0, 0.05) is 43.1 Å². The SMILES string of the molecule is COc1ccc2c([nH+]1)CCC[C@]21CNC[C@H]1C(=O)N1CC[C@@H](c2ccccc2OC)C[C@H]1C1CCCCC1. The number of aromatic nitrogens is 1. The number of hydrogen-bond acceptors (Lipinski definition) is 4. The summed E-state index contributed by atoms with van der Waals surface area (Å²) in [4.78, 5) is 20.5. The molecule has 4 aliphatic rings. The molecule has 6 heteroatoms. The third-order valence-electron chi connectivity index (χ3n) is 10.3. The first-order valence-electron chi connectivity index (χ1n) is 14.9. The van der Waals surface area contributed by atoms with Crippen molar-refractivity contribution in [2.45, 2.75) is 81.6 Å². The highest BCUT2D eigenvalue weighted by molar-refractivity contribution is 5.82. The molecular weight excluding hydrogens is 474 g/mol. The van der Waals surface area contributed by atoms with Gasteiger partial charge in [-0.3, -0.25) is 4.79 Å². The van der Waals surface area contributed by atoms with Crippen LogP contribution in [0.5, 0.6) is 11.6 Å². The molecule has 6 nitrogen and oxygen atoms in total. The number of carbonyl (C=O) groups excluding carboxylic acids is 1. The Bertz CT molecular complexity index is 1150. The van der Waals surface area contributed by atoms with Gasteiger partial charge in [-0.25, -0.2) is 0 Å². The van der Waals surface area contributed by atoms with Crippen LogP contribution in [0.25, 0.3) is 0 Å². The first-order valence-corrected chi connectivity index (χ1v) is 14.9. The number of methoxy groups -OCH3 is 2. The van der Waals surface area contributed by atoms with Crippen LogP contribution in [0, 0.1) is 11.8 Å². The van der Waals surface area contributed by atoms with Crippen molar-refractivity contribution in [1.82, 2.24) is 10.2 Å². The lowest BCUT2D eigenvalue weighted by molar-refractivity contribution is -0.406. The second-order valence-electron chi connectivity index (χ2n) is 12.1. The molecule has 6 rings (SSSR count). The van der Waals surface area contributed by atoms with Crippen LogP contribution >= 0.6 is 0 Å². The molecule has 2 aromatic rings. The highest BCUT2D eigenvalue weighted by Crippen LogP contribution is 2.47. The fourth-order valence-corrected chi connectivity index (χ4v) is 8.37. The number of para-hydroxylation sites is 1. The molecular formula is C32H44N3O3+. The Morgan fingerprint density at radius 3 is 2.68 bits per heavy atom. The lowest BCUT2D eigenvalue weighted by atomic mass is 9.64. The predicted octanol–water partition coefficient (Wildman–Crippen LogP) is 4.67. The van der Waals surface area contributed by atoms with Crippen molar-refractivity contribution in [3.8, 4) is 11.6 Å². The van der Waals surface area contributed by atoms with E-state index in [0.29, 0.717) is 23.8 Å². The Balaban J connectivity index is 1.30. The van der Waals surface area contributed by atoms with E-state index in [0.717, 1.165) is 63.4 Å². The molecule has 4 atom stereocenters. The maximum Gasteiger partial charge on any atom is 0.366 e. The molecule has 3 heterocycles. The summed E-state index contributed by atoms with van der Waals surface area (Å²) in [6.45, 7) is 2.49. The molecule has 1 spiro atoms. The van der Waals surface area contributed by atoms with Gasteiger partial charge in [0.2, 0.25) is 5.91 Å². The number of nitrogens with zero attached hydrogens (tertiary/aromatic N) is 1. The van der Waals surface area contributed by atoms with Crippen molar-refractivity contribution in [3.63, 3.8) is 0 Å². The number of carbonyl (C=O) groups is 1. The standard InChI is InChI=1S/C32H43N3O3/c1-37-29-13-7-6-11-24(29)23-16-18-35(28(19-23)22-9-4-3-5-10-22)31(36)26-20-33-21-32(26)17-8-12-27-25(32)14-15-30(34-27)38-2/h6-7,11,13-15,22-23,26,28,33H,3-5,8-10,12,16-21H2,1-2H3/p+1/t23-,26+,28+,32+/m1/s1. The largest absolute Gasteiger partial charge is 0.496 e. The van der Waals surface area contributed by atoms with Gasteiger partial charge in [-0.15, -0.1) is 0 Å². The van der Waals surface area contributed by atoms with Crippen molar-refractivity contribution < 1.29 is 19.3 Å². The summed E-state index contributed by atoms with van der Waals surface area (Å²) in [7, 11) is 3.48. The number of H-pyrrole nitrogens is 1. The van der Waals surface area contributed by atoms with Gasteiger partial charge in [0.1, 0.15) is 5.75 Å². The number of ether oxygens (including phenoxy) is 2. The number of fused-ring (bicyclic) bond motifs is 2. The minimum atomic E-state index is -0.135. The Kier molecular flexibility index (Phi) is 7.35. The zero-order valence-corrected chi connectivity index (χ0v) is 23.1. The molecule has 0 bridgehead atoms. The lowest BCUT2D eigenvalue weighted by Gasteiger charge is -2.47. The first-order chi connectivity index (χ1) is 18.6. The van der Waals surface area contributed by atoms with Crippen molar-refractivity contribution in [2.24, 2.45) is 11.8 Å². The third kappa shape index (κ3) is 4.49. The molecule has 3 fully saturated rings. The minimum Gasteiger partial charge on any atom is -0.496 e. The molecule has 0 unspecified atom stereocenters. The van der Waals surface area contributed by atoms with Crippen LogP contribution in [0.3, 0.4) is 0 Å². The number of hydrogen-bond donors (Lipinski definition) is 1. The Hall–Kier alpha value is -2.60. The number of aryl methyl sites for hydroxylation is 1. The fourth-order valence-electron chi connectivity index (χ4n) is 8.37. The summed E-state index contributed by atoms with van der Waals surface area (Å²) >= 11 is 0. The monoisotopic (exact) mass is 518 g/mol. The summed E-state index contributed by atoms with van der Waals surface area (Å²) in [5, 5.41) is 3.66. The van der Waals surface area contributed by atoms with Crippen LogP contribution in [0.1, 0.15) is 80.5 Å². The topological polar surface area (TPSA) is 64.9 Å². The number of benzene rings is 1. The first kappa shape index (κ1) is 25.7. The zero-order chi connectivity index (χ0) is 26.1. The number of nitrogens with one attached hydrogen (secondary N) is 2. The smallest absolute Gasteiger partial charge is 0.366 e.